The van der Waals surface area contributed by atoms with E-state index in [1.54, 1.807) is 16.4 Å². The second-order valence-corrected chi connectivity index (χ2v) is 6.80. The molecule has 2 aromatic rings. The van der Waals surface area contributed by atoms with Crippen LogP contribution in [0, 0.1) is 0 Å². The van der Waals surface area contributed by atoms with Crippen LogP contribution in [0.1, 0.15) is 19.4 Å². The fraction of sp³-hybridized carbons (Fsp3) is 0.533. The van der Waals surface area contributed by atoms with E-state index in [4.69, 9.17) is 9.47 Å². The van der Waals surface area contributed by atoms with Gasteiger partial charge in [0, 0.05) is 25.9 Å². The van der Waals surface area contributed by atoms with E-state index in [1.807, 2.05) is 27.0 Å². The summed E-state index contributed by atoms with van der Waals surface area (Å²) in [7, 11) is 1.84. The molecule has 0 bridgehead atoms. The Labute approximate surface area is 166 Å². The number of benzene rings is 1. The fourth-order valence-electron chi connectivity index (χ4n) is 2.06. The van der Waals surface area contributed by atoms with Crippen molar-refractivity contribution in [3.8, 4) is 11.5 Å². The molecule has 0 spiro atoms. The van der Waals surface area contributed by atoms with Crippen LogP contribution in [0.15, 0.2) is 21.8 Å². The van der Waals surface area contributed by atoms with Crippen LogP contribution in [0.5, 0.6) is 11.5 Å². The summed E-state index contributed by atoms with van der Waals surface area (Å²) >= 11 is 5.19. The minimum Gasteiger partial charge on any atom is -1.00 e. The highest BCUT2D eigenvalue weighted by Gasteiger charge is 2.11. The number of rotatable bonds is 10. The van der Waals surface area contributed by atoms with Crippen molar-refractivity contribution >= 4 is 27.7 Å². The molecular formula is C15H22BrClN5O2S-. The lowest BCUT2D eigenvalue weighted by molar-refractivity contribution is -0.00000605. The molecule has 0 saturated carbocycles. The highest BCUT2D eigenvalue weighted by Crippen LogP contribution is 2.36. The smallest absolute Gasteiger partial charge is 0.209 e. The predicted molar refractivity (Wildman–Crippen MR) is 97.7 cm³/mol. The van der Waals surface area contributed by atoms with E-state index >= 15 is 0 Å². The standard InChI is InChI=1S/C15H22BrN5O2S.ClH/c1-4-22-13-9-11(8-12(16)14(13)23-5-2)10-17-6-7-24-15-18-19-20-21(15)3;/h8-9,17H,4-7,10H2,1-3H3;1H/p-1. The molecule has 0 saturated heterocycles. The van der Waals surface area contributed by atoms with Crippen LogP contribution in [0.4, 0.5) is 0 Å². The molecule has 2 rings (SSSR count). The maximum absolute atomic E-state index is 5.69. The summed E-state index contributed by atoms with van der Waals surface area (Å²) < 4.78 is 13.9. The maximum atomic E-state index is 5.69. The van der Waals surface area contributed by atoms with Gasteiger partial charge in [-0.3, -0.25) is 0 Å². The van der Waals surface area contributed by atoms with Crippen molar-refractivity contribution in [1.29, 1.82) is 0 Å². The van der Waals surface area contributed by atoms with E-state index in [-0.39, 0.29) is 12.4 Å². The Balaban J connectivity index is 0.00000312. The van der Waals surface area contributed by atoms with Crippen molar-refractivity contribution in [2.24, 2.45) is 7.05 Å². The van der Waals surface area contributed by atoms with Gasteiger partial charge in [0.15, 0.2) is 11.5 Å². The topological polar surface area (TPSA) is 74.1 Å². The molecule has 7 nitrogen and oxygen atoms in total. The number of aryl methyl sites for hydroxylation is 1. The van der Waals surface area contributed by atoms with Gasteiger partial charge in [-0.25, -0.2) is 4.68 Å². The molecule has 140 valence electrons. The first-order chi connectivity index (χ1) is 11.7. The Morgan fingerprint density at radius 1 is 1.24 bits per heavy atom. The third kappa shape index (κ3) is 6.65. The van der Waals surface area contributed by atoms with Gasteiger partial charge in [-0.05, 0) is 57.9 Å². The van der Waals surface area contributed by atoms with Crippen molar-refractivity contribution in [3.05, 3.63) is 22.2 Å². The van der Waals surface area contributed by atoms with Crippen molar-refractivity contribution in [2.75, 3.05) is 25.5 Å². The summed E-state index contributed by atoms with van der Waals surface area (Å²) in [4.78, 5) is 0. The lowest BCUT2D eigenvalue weighted by Crippen LogP contribution is -3.00. The molecule has 25 heavy (non-hydrogen) atoms. The number of hydrogen-bond acceptors (Lipinski definition) is 7. The van der Waals surface area contributed by atoms with E-state index in [0.29, 0.717) is 13.2 Å². The van der Waals surface area contributed by atoms with E-state index in [2.05, 4.69) is 42.8 Å². The molecule has 1 aromatic carbocycles. The summed E-state index contributed by atoms with van der Waals surface area (Å²) in [5, 5.41) is 15.6. The third-order valence-corrected chi connectivity index (χ3v) is 4.68. The van der Waals surface area contributed by atoms with Gasteiger partial charge in [0.25, 0.3) is 0 Å². The van der Waals surface area contributed by atoms with Gasteiger partial charge in [-0.15, -0.1) is 5.10 Å². The Bertz CT molecular complexity index is 659. The Morgan fingerprint density at radius 3 is 2.64 bits per heavy atom. The number of thioether (sulfide) groups is 1. The molecule has 1 N–H and O–H groups in total. The van der Waals surface area contributed by atoms with Crippen LogP contribution >= 0.6 is 27.7 Å². The SMILES string of the molecule is CCOc1cc(CNCCSc2nnnn2C)cc(Br)c1OCC.[Cl-]. The van der Waals surface area contributed by atoms with Crippen LogP contribution in [0.3, 0.4) is 0 Å². The number of tetrazole rings is 1. The van der Waals surface area contributed by atoms with Crippen LogP contribution in [-0.2, 0) is 13.6 Å². The van der Waals surface area contributed by atoms with E-state index in [1.165, 1.54) is 0 Å². The van der Waals surface area contributed by atoms with Crippen molar-refractivity contribution < 1.29 is 21.9 Å². The lowest BCUT2D eigenvalue weighted by Gasteiger charge is -2.15. The lowest BCUT2D eigenvalue weighted by atomic mass is 10.2. The highest BCUT2D eigenvalue weighted by atomic mass is 79.9. The van der Waals surface area contributed by atoms with Gasteiger partial charge in [-0.2, -0.15) is 0 Å². The van der Waals surface area contributed by atoms with Crippen molar-refractivity contribution in [2.45, 2.75) is 25.5 Å². The van der Waals surface area contributed by atoms with E-state index < -0.39 is 0 Å². The molecule has 0 aliphatic rings. The monoisotopic (exact) mass is 450 g/mol. The van der Waals surface area contributed by atoms with Crippen LogP contribution < -0.4 is 27.2 Å². The quantitative estimate of drug-likeness (QED) is 0.391. The van der Waals surface area contributed by atoms with Crippen LogP contribution in [0.25, 0.3) is 0 Å². The molecule has 0 fully saturated rings. The molecule has 0 atom stereocenters. The maximum Gasteiger partial charge on any atom is 0.209 e. The van der Waals surface area contributed by atoms with Gasteiger partial charge < -0.3 is 27.2 Å². The minimum atomic E-state index is 0. The fourth-order valence-corrected chi connectivity index (χ4v) is 3.41. The number of ether oxygens (including phenoxy) is 2. The second kappa shape index (κ2) is 11.6. The van der Waals surface area contributed by atoms with Gasteiger partial charge in [-0.1, -0.05) is 11.8 Å². The molecule has 10 heteroatoms. The Hall–Kier alpha value is -1.03. The first kappa shape index (κ1) is 22.0. The molecule has 0 radical (unpaired) electrons. The zero-order valence-electron chi connectivity index (χ0n) is 14.5. The summed E-state index contributed by atoms with van der Waals surface area (Å²) in [5.41, 5.74) is 1.14. The van der Waals surface area contributed by atoms with Crippen LogP contribution in [0.2, 0.25) is 0 Å². The van der Waals surface area contributed by atoms with Gasteiger partial charge in [0.1, 0.15) is 0 Å². The molecule has 0 aliphatic heterocycles. The van der Waals surface area contributed by atoms with E-state index in [0.717, 1.165) is 45.5 Å². The minimum absolute atomic E-state index is 0. The highest BCUT2D eigenvalue weighted by molar-refractivity contribution is 9.10. The predicted octanol–water partition coefficient (Wildman–Crippen LogP) is -0.344. The van der Waals surface area contributed by atoms with Gasteiger partial charge in [0.2, 0.25) is 5.16 Å². The summed E-state index contributed by atoms with van der Waals surface area (Å²) in [6, 6.07) is 4.08. The van der Waals surface area contributed by atoms with Gasteiger partial charge >= 0.3 is 0 Å². The molecule has 0 amide bonds. The third-order valence-electron chi connectivity index (χ3n) is 3.08. The molecule has 1 aromatic heterocycles. The van der Waals surface area contributed by atoms with E-state index in [9.17, 15) is 0 Å². The number of aromatic nitrogens is 4. The second-order valence-electron chi connectivity index (χ2n) is 4.88. The molecule has 0 unspecified atom stereocenters. The number of nitrogens with zero attached hydrogens (tertiary/aromatic N) is 4. The molecular weight excluding hydrogens is 430 g/mol. The molecule has 0 aliphatic carbocycles. The Morgan fingerprint density at radius 2 is 2.00 bits per heavy atom. The first-order valence-electron chi connectivity index (χ1n) is 7.79. The van der Waals surface area contributed by atoms with Gasteiger partial charge in [0.05, 0.1) is 17.7 Å². The zero-order valence-corrected chi connectivity index (χ0v) is 17.6. The summed E-state index contributed by atoms with van der Waals surface area (Å²) in [5.74, 6) is 2.42. The summed E-state index contributed by atoms with van der Waals surface area (Å²) in [6.07, 6.45) is 0. The zero-order chi connectivity index (χ0) is 17.4. The molecule has 1 heterocycles. The normalized spacial score (nSPS) is 10.4. The first-order valence-corrected chi connectivity index (χ1v) is 9.57. The number of hydrogen-bond donors (Lipinski definition) is 1. The average Bonchev–Trinajstić information content (AvgIpc) is 2.96. The Kier molecular flexibility index (Phi) is 10.2. The summed E-state index contributed by atoms with van der Waals surface area (Å²) in [6.45, 7) is 6.74. The number of halogens is 2. The van der Waals surface area contributed by atoms with Crippen molar-refractivity contribution in [1.82, 2.24) is 25.5 Å². The average molecular weight is 452 g/mol. The van der Waals surface area contributed by atoms with Crippen molar-refractivity contribution in [3.63, 3.8) is 0 Å². The largest absolute Gasteiger partial charge is 1.00 e. The number of nitrogens with one attached hydrogen (secondary N) is 1. The van der Waals surface area contributed by atoms with Crippen LogP contribution in [-0.4, -0.2) is 45.7 Å².